The summed E-state index contributed by atoms with van der Waals surface area (Å²) < 4.78 is 16.0. The summed E-state index contributed by atoms with van der Waals surface area (Å²) in [6, 6.07) is 10.9. The van der Waals surface area contributed by atoms with E-state index in [1.807, 2.05) is 0 Å². The molecule has 242 valence electrons. The Morgan fingerprint density at radius 3 is 2.09 bits per heavy atom. The summed E-state index contributed by atoms with van der Waals surface area (Å²) in [7, 11) is -4.16. The van der Waals surface area contributed by atoms with Crippen LogP contribution in [0.3, 0.4) is 0 Å². The number of Topliss-reactive ketones (excluding diaryl/α,β-unsaturated/α-hetero) is 1. The number of allylic oxidation sites excluding steroid dienone is 5. The van der Waals surface area contributed by atoms with Crippen molar-refractivity contribution < 1.29 is 13.6 Å². The van der Waals surface area contributed by atoms with E-state index in [1.54, 1.807) is 0 Å². The summed E-state index contributed by atoms with van der Waals surface area (Å²) in [5.41, 5.74) is 2.75. The van der Waals surface area contributed by atoms with Crippen LogP contribution < -0.4 is 4.46 Å². The molecule has 0 unspecified atom stereocenters. The molecule has 0 heterocycles. The van der Waals surface area contributed by atoms with Gasteiger partial charge in [0.1, 0.15) is 0 Å². The zero-order valence-electron chi connectivity index (χ0n) is 30.0. The summed E-state index contributed by atoms with van der Waals surface area (Å²) in [5.74, 6) is 0.659. The molecule has 0 saturated heterocycles. The standard InChI is InChI=1S/C38H58O3SeSi2/c1-25-20-28-21-27(24-40-43(11,12)34(3,4)5)31(42-29-18-16-15-17-19-29)30-32-36(9,10)38(32,41-44(13,14)35(6,7)8)23-26(2)37(28,22-25)33(30)39/h15-22,26,30-32H,23-24H2,1-14H3/t26-,30+,31+,32-,37-,38+/m1/s1. The fourth-order valence-corrected chi connectivity index (χ4v) is 13.4. The first kappa shape index (κ1) is 34.3. The van der Waals surface area contributed by atoms with Crippen LogP contribution in [-0.2, 0) is 13.6 Å². The van der Waals surface area contributed by atoms with Gasteiger partial charge in [0.15, 0.2) is 0 Å². The zero-order valence-corrected chi connectivity index (χ0v) is 33.7. The molecule has 6 heteroatoms. The van der Waals surface area contributed by atoms with E-state index in [4.69, 9.17) is 8.85 Å². The summed E-state index contributed by atoms with van der Waals surface area (Å²) in [5, 5.41) is 0.214. The van der Waals surface area contributed by atoms with Crippen molar-refractivity contribution in [3.63, 3.8) is 0 Å². The molecule has 0 aromatic heterocycles. The van der Waals surface area contributed by atoms with Crippen molar-refractivity contribution in [3.8, 4) is 0 Å². The van der Waals surface area contributed by atoms with E-state index in [0.29, 0.717) is 12.4 Å². The Balaban J connectivity index is 1.71. The Kier molecular flexibility index (Phi) is 8.39. The zero-order chi connectivity index (χ0) is 32.9. The molecular weight excluding hydrogens is 640 g/mol. The number of benzene rings is 1. The first-order valence-electron chi connectivity index (χ1n) is 16.7. The van der Waals surface area contributed by atoms with Crippen LogP contribution in [0.5, 0.6) is 0 Å². The molecule has 1 aromatic carbocycles. The van der Waals surface area contributed by atoms with E-state index in [9.17, 15) is 0 Å². The summed E-state index contributed by atoms with van der Waals surface area (Å²) in [6.07, 6.45) is 8.00. The minimum absolute atomic E-state index is 0.0678. The SMILES string of the molecule is CC1=C[C@@]23C(=O)[C@H]([C@@H]4C(C)(C)[C@]4(O[Si](C)(C)C(C)(C)C)C[C@H]2C)[C@@H]([Se]c2ccccc2)C(CO[Si](C)(C)C(C)(C)C)=CC3=C1. The Morgan fingerprint density at radius 2 is 1.52 bits per heavy atom. The third kappa shape index (κ3) is 5.22. The van der Waals surface area contributed by atoms with Gasteiger partial charge in [0.2, 0.25) is 0 Å². The predicted octanol–water partition coefficient (Wildman–Crippen LogP) is 9.28. The molecule has 1 aromatic rings. The van der Waals surface area contributed by atoms with Crippen molar-refractivity contribution in [2.24, 2.45) is 28.6 Å². The van der Waals surface area contributed by atoms with Gasteiger partial charge in [-0.3, -0.25) is 0 Å². The van der Waals surface area contributed by atoms with E-state index >= 15 is 4.79 Å². The Labute approximate surface area is 277 Å². The molecule has 0 amide bonds. The van der Waals surface area contributed by atoms with Gasteiger partial charge in [0, 0.05) is 0 Å². The molecule has 0 aliphatic heterocycles. The van der Waals surface area contributed by atoms with E-state index in [1.165, 1.54) is 21.2 Å². The molecule has 44 heavy (non-hydrogen) atoms. The van der Waals surface area contributed by atoms with Gasteiger partial charge in [-0.05, 0) is 0 Å². The second-order valence-electron chi connectivity index (χ2n) is 17.9. The topological polar surface area (TPSA) is 35.5 Å². The summed E-state index contributed by atoms with van der Waals surface area (Å²) in [6.45, 7) is 33.4. The van der Waals surface area contributed by atoms with Crippen LogP contribution in [0.4, 0.5) is 0 Å². The molecule has 2 fully saturated rings. The molecule has 3 nitrogen and oxygen atoms in total. The molecule has 4 aliphatic rings. The molecule has 6 atom stereocenters. The summed E-state index contributed by atoms with van der Waals surface area (Å²) >= 11 is 0.0678. The summed E-state index contributed by atoms with van der Waals surface area (Å²) in [4.78, 5) is 15.7. The van der Waals surface area contributed by atoms with Gasteiger partial charge in [-0.25, -0.2) is 0 Å². The number of ketones is 1. The normalized spacial score (nSPS) is 33.4. The Morgan fingerprint density at radius 1 is 0.932 bits per heavy atom. The molecule has 5 rings (SSSR count). The number of hydrogen-bond acceptors (Lipinski definition) is 3. The number of carbonyl (C=O) groups is 1. The monoisotopic (exact) mass is 698 g/mol. The van der Waals surface area contributed by atoms with Gasteiger partial charge >= 0.3 is 278 Å². The van der Waals surface area contributed by atoms with E-state index in [-0.39, 0.29) is 58.6 Å². The maximum atomic E-state index is 15.6. The van der Waals surface area contributed by atoms with Crippen molar-refractivity contribution in [2.75, 3.05) is 6.61 Å². The number of fused-ring (bicyclic) bond motifs is 3. The quantitative estimate of drug-likeness (QED) is 0.267. The average molecular weight is 698 g/mol. The van der Waals surface area contributed by atoms with Crippen LogP contribution in [0.15, 0.2) is 65.3 Å². The second-order valence-corrected chi connectivity index (χ2v) is 30.0. The van der Waals surface area contributed by atoms with Crippen LogP contribution in [0.2, 0.25) is 41.1 Å². The second kappa shape index (κ2) is 10.8. The molecule has 4 aliphatic carbocycles. The Hall–Kier alpha value is -1.02. The van der Waals surface area contributed by atoms with Gasteiger partial charge in [-0.15, -0.1) is 0 Å². The van der Waals surface area contributed by atoms with Crippen LogP contribution in [0, 0.1) is 28.6 Å². The van der Waals surface area contributed by atoms with E-state index in [0.717, 1.165) is 6.42 Å². The van der Waals surface area contributed by atoms with Crippen molar-refractivity contribution in [1.82, 2.24) is 0 Å². The molecule has 0 radical (unpaired) electrons. The average Bonchev–Trinajstić information content (AvgIpc) is 3.18. The molecule has 2 bridgehead atoms. The first-order chi connectivity index (χ1) is 20.0. The van der Waals surface area contributed by atoms with E-state index in [2.05, 4.69) is 144 Å². The molecule has 1 spiro atoms. The predicted molar refractivity (Wildman–Crippen MR) is 192 cm³/mol. The first-order valence-corrected chi connectivity index (χ1v) is 24.4. The van der Waals surface area contributed by atoms with E-state index < -0.39 is 22.0 Å². The van der Waals surface area contributed by atoms with Crippen molar-refractivity contribution in [1.29, 1.82) is 0 Å². The van der Waals surface area contributed by atoms with Crippen LogP contribution in [0.25, 0.3) is 0 Å². The minimum atomic E-state index is -2.14. The third-order valence-corrected chi connectivity index (χ3v) is 24.6. The van der Waals surface area contributed by atoms with Crippen LogP contribution >= 0.6 is 0 Å². The van der Waals surface area contributed by atoms with Crippen molar-refractivity contribution in [2.45, 2.75) is 122 Å². The molecule has 2 saturated carbocycles. The fraction of sp³-hybridized carbons (Fsp3) is 0.658. The third-order valence-electron chi connectivity index (χ3n) is 12.7. The van der Waals surface area contributed by atoms with Gasteiger partial charge in [-0.2, -0.15) is 0 Å². The van der Waals surface area contributed by atoms with Crippen molar-refractivity contribution in [3.05, 3.63) is 65.3 Å². The number of rotatable bonds is 7. The number of carbonyl (C=O) groups excluding carboxylic acids is 1. The van der Waals surface area contributed by atoms with Crippen LogP contribution in [-0.4, -0.2) is 49.6 Å². The van der Waals surface area contributed by atoms with Gasteiger partial charge in [0.25, 0.3) is 0 Å². The van der Waals surface area contributed by atoms with Gasteiger partial charge in [0.05, 0.1) is 0 Å². The molecule has 0 N–H and O–H groups in total. The van der Waals surface area contributed by atoms with Crippen LogP contribution in [0.1, 0.15) is 75.7 Å². The number of hydrogen-bond donors (Lipinski definition) is 0. The van der Waals surface area contributed by atoms with Gasteiger partial charge < -0.3 is 0 Å². The molecular formula is C38H58O3SeSi2. The maximum absolute atomic E-state index is 15.6. The fourth-order valence-electron chi connectivity index (χ4n) is 7.99. The van der Waals surface area contributed by atoms with Crippen molar-refractivity contribution >= 4 is 41.8 Å². The van der Waals surface area contributed by atoms with Gasteiger partial charge in [-0.1, -0.05) is 0 Å². The Bertz CT molecular complexity index is 1410.